The first kappa shape index (κ1) is 16.4. The molecular weight excluding hydrogens is 309 g/mol. The first-order chi connectivity index (χ1) is 9.01. The fourth-order valence-electron chi connectivity index (χ4n) is 1.44. The maximum Gasteiger partial charge on any atom is 0.220 e. The van der Waals surface area contributed by atoms with Gasteiger partial charge in [-0.05, 0) is 31.5 Å². The summed E-state index contributed by atoms with van der Waals surface area (Å²) in [6.45, 7) is 2.28. The fourth-order valence-corrected chi connectivity index (χ4v) is 2.08. The van der Waals surface area contributed by atoms with Crippen LogP contribution in [0.25, 0.3) is 0 Å². The summed E-state index contributed by atoms with van der Waals surface area (Å²) in [6.07, 6.45) is 0.931. The minimum Gasteiger partial charge on any atom is -0.489 e. The van der Waals surface area contributed by atoms with E-state index in [4.69, 9.17) is 39.5 Å². The van der Waals surface area contributed by atoms with Crippen LogP contribution >= 0.6 is 34.8 Å². The summed E-state index contributed by atoms with van der Waals surface area (Å²) in [6, 6.07) is 4.99. The number of carbonyl (C=O) groups excluding carboxylic acids is 1. The van der Waals surface area contributed by atoms with Crippen molar-refractivity contribution in [3.8, 4) is 5.75 Å². The summed E-state index contributed by atoms with van der Waals surface area (Å²) < 4.78 is 5.62. The molecule has 19 heavy (non-hydrogen) atoms. The fraction of sp³-hybridized carbons (Fsp3) is 0.462. The second-order valence-corrected chi connectivity index (χ2v) is 5.38. The molecule has 0 aliphatic carbocycles. The maximum atomic E-state index is 11.4. The smallest absolute Gasteiger partial charge is 0.220 e. The first-order valence-corrected chi connectivity index (χ1v) is 7.25. The highest BCUT2D eigenvalue weighted by molar-refractivity contribution is 6.34. The molecule has 0 heterocycles. The molecule has 0 bridgehead atoms. The topological polar surface area (TPSA) is 38.3 Å². The van der Waals surface area contributed by atoms with E-state index >= 15 is 0 Å². The predicted molar refractivity (Wildman–Crippen MR) is 79.5 cm³/mol. The summed E-state index contributed by atoms with van der Waals surface area (Å²) in [4.78, 5) is 11.4. The Labute approximate surface area is 128 Å². The van der Waals surface area contributed by atoms with E-state index in [1.807, 2.05) is 6.92 Å². The van der Waals surface area contributed by atoms with Crippen LogP contribution in [0.4, 0.5) is 0 Å². The summed E-state index contributed by atoms with van der Waals surface area (Å²) >= 11 is 17.3. The number of ether oxygens (including phenoxy) is 1. The molecule has 3 nitrogen and oxygen atoms in total. The molecule has 1 unspecified atom stereocenters. The van der Waals surface area contributed by atoms with Crippen molar-refractivity contribution in [1.82, 2.24) is 5.32 Å². The van der Waals surface area contributed by atoms with Crippen molar-refractivity contribution >= 4 is 40.7 Å². The van der Waals surface area contributed by atoms with Crippen LogP contribution in [0.5, 0.6) is 5.75 Å². The van der Waals surface area contributed by atoms with Crippen molar-refractivity contribution in [2.45, 2.75) is 25.9 Å². The molecule has 1 N–H and O–H groups in total. The average Bonchev–Trinajstić information content (AvgIpc) is 2.32. The Morgan fingerprint density at radius 3 is 2.53 bits per heavy atom. The Hall–Kier alpha value is -0.640. The molecule has 0 saturated carbocycles. The third kappa shape index (κ3) is 6.90. The number of halogens is 3. The normalized spacial score (nSPS) is 12.0. The van der Waals surface area contributed by atoms with Crippen LogP contribution in [0.15, 0.2) is 18.2 Å². The average molecular weight is 325 g/mol. The van der Waals surface area contributed by atoms with Crippen molar-refractivity contribution in [3.63, 3.8) is 0 Å². The van der Waals surface area contributed by atoms with Gasteiger partial charge in [0.25, 0.3) is 0 Å². The number of nitrogens with one attached hydrogen (secondary N) is 1. The zero-order chi connectivity index (χ0) is 14.3. The second kappa shape index (κ2) is 8.51. The SMILES string of the molecule is CC(CNC(=O)CCCCl)Oc1cc(Cl)cc(Cl)c1. The highest BCUT2D eigenvalue weighted by Crippen LogP contribution is 2.24. The lowest BCUT2D eigenvalue weighted by Gasteiger charge is -2.16. The molecule has 1 amide bonds. The summed E-state index contributed by atoms with van der Waals surface area (Å²) in [5.41, 5.74) is 0. The van der Waals surface area contributed by atoms with Crippen LogP contribution in [0.3, 0.4) is 0 Å². The predicted octanol–water partition coefficient (Wildman–Crippen LogP) is 3.90. The van der Waals surface area contributed by atoms with Crippen molar-refractivity contribution in [2.75, 3.05) is 12.4 Å². The van der Waals surface area contributed by atoms with Gasteiger partial charge in [-0.2, -0.15) is 0 Å². The van der Waals surface area contributed by atoms with Crippen molar-refractivity contribution in [1.29, 1.82) is 0 Å². The zero-order valence-electron chi connectivity index (χ0n) is 10.6. The molecule has 0 aliphatic heterocycles. The quantitative estimate of drug-likeness (QED) is 0.773. The third-order valence-corrected chi connectivity index (χ3v) is 3.00. The van der Waals surface area contributed by atoms with Crippen LogP contribution in [0, 0.1) is 0 Å². The molecule has 1 atom stereocenters. The lowest BCUT2D eigenvalue weighted by Crippen LogP contribution is -2.33. The minimum atomic E-state index is -0.172. The number of hydrogen-bond acceptors (Lipinski definition) is 2. The lowest BCUT2D eigenvalue weighted by atomic mass is 10.3. The van der Waals surface area contributed by atoms with Gasteiger partial charge in [0.15, 0.2) is 0 Å². The van der Waals surface area contributed by atoms with E-state index < -0.39 is 0 Å². The van der Waals surface area contributed by atoms with Gasteiger partial charge in [0.2, 0.25) is 5.91 Å². The Balaban J connectivity index is 2.38. The van der Waals surface area contributed by atoms with E-state index in [1.165, 1.54) is 0 Å². The molecule has 1 aromatic rings. The van der Waals surface area contributed by atoms with E-state index in [1.54, 1.807) is 18.2 Å². The van der Waals surface area contributed by atoms with Gasteiger partial charge in [0, 0.05) is 22.3 Å². The summed E-state index contributed by atoms with van der Waals surface area (Å²) in [7, 11) is 0. The minimum absolute atomic E-state index is 0.0276. The van der Waals surface area contributed by atoms with Gasteiger partial charge in [-0.1, -0.05) is 23.2 Å². The number of amides is 1. The molecular formula is C13H16Cl3NO2. The van der Waals surface area contributed by atoms with Gasteiger partial charge in [0.1, 0.15) is 11.9 Å². The number of carbonyl (C=O) groups is 1. The van der Waals surface area contributed by atoms with Crippen LogP contribution in [-0.2, 0) is 4.79 Å². The molecule has 0 saturated heterocycles. The van der Waals surface area contributed by atoms with E-state index in [2.05, 4.69) is 5.32 Å². The number of hydrogen-bond donors (Lipinski definition) is 1. The van der Waals surface area contributed by atoms with Gasteiger partial charge < -0.3 is 10.1 Å². The molecule has 0 aromatic heterocycles. The third-order valence-electron chi connectivity index (χ3n) is 2.30. The Morgan fingerprint density at radius 2 is 1.95 bits per heavy atom. The van der Waals surface area contributed by atoms with Crippen LogP contribution in [0.1, 0.15) is 19.8 Å². The monoisotopic (exact) mass is 323 g/mol. The van der Waals surface area contributed by atoms with Gasteiger partial charge >= 0.3 is 0 Å². The molecule has 1 aromatic carbocycles. The van der Waals surface area contributed by atoms with Gasteiger partial charge in [0.05, 0.1) is 6.54 Å². The van der Waals surface area contributed by atoms with Crippen molar-refractivity contribution in [2.24, 2.45) is 0 Å². The van der Waals surface area contributed by atoms with Crippen molar-refractivity contribution in [3.05, 3.63) is 28.2 Å². The largest absolute Gasteiger partial charge is 0.489 e. The highest BCUT2D eigenvalue weighted by atomic mass is 35.5. The second-order valence-electron chi connectivity index (χ2n) is 4.13. The van der Waals surface area contributed by atoms with Crippen LogP contribution < -0.4 is 10.1 Å². The van der Waals surface area contributed by atoms with Crippen LogP contribution in [-0.4, -0.2) is 24.4 Å². The van der Waals surface area contributed by atoms with Crippen molar-refractivity contribution < 1.29 is 9.53 Å². The van der Waals surface area contributed by atoms with Gasteiger partial charge in [-0.3, -0.25) is 4.79 Å². The molecule has 106 valence electrons. The number of alkyl halides is 1. The van der Waals surface area contributed by atoms with Crippen LogP contribution in [0.2, 0.25) is 10.0 Å². The molecule has 0 aliphatic rings. The van der Waals surface area contributed by atoms with E-state index in [9.17, 15) is 4.79 Å². The standard InChI is InChI=1S/C13H16Cl3NO2/c1-9(8-17-13(18)3-2-4-14)19-12-6-10(15)5-11(16)7-12/h5-7,9H,2-4,8H2,1H3,(H,17,18). The molecule has 0 radical (unpaired) electrons. The Kier molecular flexibility index (Phi) is 7.36. The van der Waals surface area contributed by atoms with E-state index in [0.717, 1.165) is 0 Å². The molecule has 1 rings (SSSR count). The molecule has 6 heteroatoms. The van der Waals surface area contributed by atoms with E-state index in [0.29, 0.717) is 41.1 Å². The number of rotatable bonds is 7. The summed E-state index contributed by atoms with van der Waals surface area (Å²) in [5.74, 6) is 1.04. The first-order valence-electron chi connectivity index (χ1n) is 5.96. The van der Waals surface area contributed by atoms with E-state index in [-0.39, 0.29) is 12.0 Å². The van der Waals surface area contributed by atoms with Gasteiger partial charge in [-0.25, -0.2) is 0 Å². The Bertz CT molecular complexity index is 406. The molecule has 0 fully saturated rings. The van der Waals surface area contributed by atoms with Gasteiger partial charge in [-0.15, -0.1) is 11.6 Å². The summed E-state index contributed by atoms with van der Waals surface area (Å²) in [5, 5.41) is 3.81. The maximum absolute atomic E-state index is 11.4. The zero-order valence-corrected chi connectivity index (χ0v) is 12.9. The Morgan fingerprint density at radius 1 is 1.32 bits per heavy atom. The highest BCUT2D eigenvalue weighted by Gasteiger charge is 2.08. The lowest BCUT2D eigenvalue weighted by molar-refractivity contribution is -0.121. The number of benzene rings is 1. The molecule has 0 spiro atoms.